The van der Waals surface area contributed by atoms with Crippen LogP contribution in [0.2, 0.25) is 0 Å². The summed E-state index contributed by atoms with van der Waals surface area (Å²) in [6.45, 7) is 5.86. The normalized spacial score (nSPS) is 15.1. The molecule has 1 rings (SSSR count). The first-order valence-electron chi connectivity index (χ1n) is 5.85. The van der Waals surface area contributed by atoms with Gasteiger partial charge >= 0.3 is 0 Å². The summed E-state index contributed by atoms with van der Waals surface area (Å²) in [6.07, 6.45) is 3.66. The maximum absolute atomic E-state index is 12.2. The Labute approximate surface area is 108 Å². The highest BCUT2D eigenvalue weighted by atomic mass is 32.2. The Morgan fingerprint density at radius 2 is 2.11 bits per heavy atom. The Morgan fingerprint density at radius 1 is 1.44 bits per heavy atom. The number of sulfonamides is 1. The smallest absolute Gasteiger partial charge is 0.244 e. The Balaban J connectivity index is 3.00. The number of hydrogen-bond donors (Lipinski definition) is 3. The molecule has 2 atom stereocenters. The van der Waals surface area contributed by atoms with Gasteiger partial charge in [0.25, 0.3) is 0 Å². The molecular formula is C11H20N4O2S. The van der Waals surface area contributed by atoms with E-state index in [2.05, 4.69) is 15.1 Å². The zero-order chi connectivity index (χ0) is 13.8. The van der Waals surface area contributed by atoms with Crippen molar-refractivity contribution >= 4 is 15.7 Å². The number of pyridine rings is 1. The van der Waals surface area contributed by atoms with Crippen molar-refractivity contribution in [2.24, 2.45) is 11.8 Å². The maximum atomic E-state index is 12.2. The highest BCUT2D eigenvalue weighted by molar-refractivity contribution is 7.89. The number of hydrazine groups is 1. The third kappa shape index (κ3) is 3.41. The molecule has 0 aliphatic carbocycles. The van der Waals surface area contributed by atoms with Crippen LogP contribution in [0.15, 0.2) is 23.4 Å². The summed E-state index contributed by atoms with van der Waals surface area (Å²) in [7, 11) is -3.61. The molecule has 0 bridgehead atoms. The summed E-state index contributed by atoms with van der Waals surface area (Å²) in [5, 5.41) is 0. The number of aromatic nitrogens is 1. The molecular weight excluding hydrogens is 252 g/mol. The van der Waals surface area contributed by atoms with Crippen molar-refractivity contribution in [3.63, 3.8) is 0 Å². The molecule has 0 aliphatic heterocycles. The van der Waals surface area contributed by atoms with E-state index in [1.54, 1.807) is 0 Å². The topological polar surface area (TPSA) is 97.1 Å². The predicted molar refractivity (Wildman–Crippen MR) is 71.3 cm³/mol. The molecule has 102 valence electrons. The minimum absolute atomic E-state index is 0.0580. The van der Waals surface area contributed by atoms with Gasteiger partial charge in [-0.15, -0.1) is 0 Å². The van der Waals surface area contributed by atoms with E-state index < -0.39 is 10.0 Å². The molecule has 4 N–H and O–H groups in total. The standard InChI is InChI=1S/C11H20N4O2S/c1-4-8(2)9(3)15-18(16,17)11-7-13-6-5-10(11)14-12/h5-9,15H,4,12H2,1-3H3,(H,13,14). The molecule has 0 saturated heterocycles. The van der Waals surface area contributed by atoms with E-state index >= 15 is 0 Å². The van der Waals surface area contributed by atoms with Crippen LogP contribution in [-0.2, 0) is 10.0 Å². The van der Waals surface area contributed by atoms with Crippen molar-refractivity contribution in [3.05, 3.63) is 18.5 Å². The minimum atomic E-state index is -3.61. The van der Waals surface area contributed by atoms with Crippen LogP contribution >= 0.6 is 0 Å². The molecule has 6 nitrogen and oxygen atoms in total. The van der Waals surface area contributed by atoms with Crippen molar-refractivity contribution in [3.8, 4) is 0 Å². The lowest BCUT2D eigenvalue weighted by atomic mass is 10.0. The van der Waals surface area contributed by atoms with Gasteiger partial charge in [-0.25, -0.2) is 13.1 Å². The fraction of sp³-hybridized carbons (Fsp3) is 0.545. The number of nitrogens with zero attached hydrogens (tertiary/aromatic N) is 1. The van der Waals surface area contributed by atoms with E-state index in [1.807, 2.05) is 20.8 Å². The van der Waals surface area contributed by atoms with Gasteiger partial charge in [0, 0.05) is 18.4 Å². The summed E-state index contributed by atoms with van der Waals surface area (Å²) in [6, 6.07) is 1.37. The second-order valence-electron chi connectivity index (χ2n) is 4.31. The molecule has 2 unspecified atom stereocenters. The van der Waals surface area contributed by atoms with Gasteiger partial charge in [0.1, 0.15) is 4.90 Å². The molecule has 0 fully saturated rings. The van der Waals surface area contributed by atoms with Gasteiger partial charge in [0.05, 0.1) is 5.69 Å². The number of hydrogen-bond acceptors (Lipinski definition) is 5. The van der Waals surface area contributed by atoms with Crippen LogP contribution < -0.4 is 16.0 Å². The molecule has 1 aromatic rings. The summed E-state index contributed by atoms with van der Waals surface area (Å²) in [5.74, 6) is 5.55. The fourth-order valence-corrected chi connectivity index (χ4v) is 2.96. The van der Waals surface area contributed by atoms with Crippen LogP contribution in [0.3, 0.4) is 0 Å². The summed E-state index contributed by atoms with van der Waals surface area (Å²) < 4.78 is 27.0. The number of nitrogens with two attached hydrogens (primary N) is 1. The monoisotopic (exact) mass is 272 g/mol. The van der Waals surface area contributed by atoms with Gasteiger partial charge in [-0.1, -0.05) is 20.3 Å². The molecule has 0 amide bonds. The lowest BCUT2D eigenvalue weighted by Crippen LogP contribution is -2.37. The zero-order valence-corrected chi connectivity index (χ0v) is 11.7. The van der Waals surface area contributed by atoms with E-state index in [4.69, 9.17) is 5.84 Å². The van der Waals surface area contributed by atoms with E-state index in [-0.39, 0.29) is 16.9 Å². The Hall–Kier alpha value is -1.18. The van der Waals surface area contributed by atoms with Crippen molar-refractivity contribution in [2.45, 2.75) is 38.1 Å². The van der Waals surface area contributed by atoms with Crippen molar-refractivity contribution in [1.82, 2.24) is 9.71 Å². The first-order chi connectivity index (χ1) is 8.42. The average Bonchev–Trinajstić information content (AvgIpc) is 2.37. The minimum Gasteiger partial charge on any atom is -0.323 e. The molecule has 0 radical (unpaired) electrons. The molecule has 18 heavy (non-hydrogen) atoms. The molecule has 0 saturated carbocycles. The van der Waals surface area contributed by atoms with Crippen molar-refractivity contribution in [2.75, 3.05) is 5.43 Å². The van der Waals surface area contributed by atoms with Gasteiger partial charge in [-0.2, -0.15) is 0 Å². The van der Waals surface area contributed by atoms with Gasteiger partial charge < -0.3 is 5.43 Å². The SMILES string of the molecule is CCC(C)C(C)NS(=O)(=O)c1cnccc1NN. The second-order valence-corrected chi connectivity index (χ2v) is 5.99. The zero-order valence-electron chi connectivity index (χ0n) is 10.8. The quantitative estimate of drug-likeness (QED) is 0.532. The third-order valence-corrected chi connectivity index (χ3v) is 4.65. The number of anilines is 1. The van der Waals surface area contributed by atoms with Crippen LogP contribution in [0.4, 0.5) is 5.69 Å². The highest BCUT2D eigenvalue weighted by Gasteiger charge is 2.23. The van der Waals surface area contributed by atoms with Gasteiger partial charge in [-0.05, 0) is 18.9 Å². The molecule has 1 aromatic heterocycles. The van der Waals surface area contributed by atoms with Crippen LogP contribution in [0.1, 0.15) is 27.2 Å². The van der Waals surface area contributed by atoms with Crippen molar-refractivity contribution in [1.29, 1.82) is 0 Å². The van der Waals surface area contributed by atoms with E-state index in [1.165, 1.54) is 18.5 Å². The maximum Gasteiger partial charge on any atom is 0.244 e. The average molecular weight is 272 g/mol. The lowest BCUT2D eigenvalue weighted by Gasteiger charge is -2.20. The molecule has 0 aromatic carbocycles. The van der Waals surface area contributed by atoms with Crippen LogP contribution in [0.25, 0.3) is 0 Å². The lowest BCUT2D eigenvalue weighted by molar-refractivity contribution is 0.434. The molecule has 7 heteroatoms. The van der Waals surface area contributed by atoms with Gasteiger partial charge in [0.2, 0.25) is 10.0 Å². The van der Waals surface area contributed by atoms with E-state index in [0.29, 0.717) is 5.69 Å². The van der Waals surface area contributed by atoms with E-state index in [9.17, 15) is 8.42 Å². The Morgan fingerprint density at radius 3 is 2.67 bits per heavy atom. The Kier molecular flexibility index (Phi) is 5.06. The molecule has 1 heterocycles. The summed E-state index contributed by atoms with van der Waals surface area (Å²) in [4.78, 5) is 3.88. The Bertz CT molecular complexity index is 490. The number of nitrogen functional groups attached to an aromatic ring is 1. The molecule has 0 aliphatic rings. The first-order valence-corrected chi connectivity index (χ1v) is 7.33. The third-order valence-electron chi connectivity index (χ3n) is 3.07. The fourth-order valence-electron chi connectivity index (χ4n) is 1.49. The van der Waals surface area contributed by atoms with Crippen LogP contribution in [-0.4, -0.2) is 19.4 Å². The molecule has 0 spiro atoms. The number of nitrogens with one attached hydrogen (secondary N) is 2. The summed E-state index contributed by atoms with van der Waals surface area (Å²) in [5.41, 5.74) is 2.69. The predicted octanol–water partition coefficient (Wildman–Crippen LogP) is 1.08. The van der Waals surface area contributed by atoms with Crippen LogP contribution in [0, 0.1) is 5.92 Å². The number of rotatable bonds is 6. The van der Waals surface area contributed by atoms with Gasteiger partial charge in [0.15, 0.2) is 0 Å². The van der Waals surface area contributed by atoms with E-state index in [0.717, 1.165) is 6.42 Å². The second kappa shape index (κ2) is 6.12. The van der Waals surface area contributed by atoms with Gasteiger partial charge in [-0.3, -0.25) is 10.8 Å². The van der Waals surface area contributed by atoms with Crippen molar-refractivity contribution < 1.29 is 8.42 Å². The largest absolute Gasteiger partial charge is 0.323 e. The first kappa shape index (κ1) is 14.9. The summed E-state index contributed by atoms with van der Waals surface area (Å²) >= 11 is 0. The highest BCUT2D eigenvalue weighted by Crippen LogP contribution is 2.19. The van der Waals surface area contributed by atoms with Crippen LogP contribution in [0.5, 0.6) is 0 Å².